The molecule has 18 nitrogen and oxygen atoms in total. The van der Waals surface area contributed by atoms with Crippen LogP contribution in [0.25, 0.3) is 0 Å². The van der Waals surface area contributed by atoms with Crippen LogP contribution >= 0.6 is 7.75 Å². The Kier molecular flexibility index (Phi) is 12.2. The molecular formula is C31H36F2N5O13P. The van der Waals surface area contributed by atoms with Crippen LogP contribution in [0.3, 0.4) is 0 Å². The normalized spacial score (nSPS) is 20.5. The van der Waals surface area contributed by atoms with Gasteiger partial charge in [-0.3, -0.25) is 18.7 Å². The number of aromatic nitrogens is 2. The minimum Gasteiger partial charge on any atom is -0.457 e. The Bertz CT molecular complexity index is 1840. The number of hydrogen-bond acceptors (Lipinski definition) is 15. The molecule has 0 bridgehead atoms. The molecule has 282 valence electrons. The Balaban J connectivity index is 1.56. The van der Waals surface area contributed by atoms with Crippen LogP contribution < -0.4 is 25.9 Å². The SMILES string of the molecule is CC(OC(=O)[C@H](C)NP(=O)(OC[C@H]1O[C@@H](n2ccc(N)nc2=O)C(F)(F)C1OC(=O)OC(C)(C)C)Oc1ccccc1)c1ccc(O[N+](=O)[O-])cc1. The second-order valence-electron chi connectivity index (χ2n) is 12.3. The van der Waals surface area contributed by atoms with Gasteiger partial charge in [0.1, 0.15) is 41.2 Å². The van der Waals surface area contributed by atoms with Gasteiger partial charge < -0.3 is 29.2 Å². The van der Waals surface area contributed by atoms with E-state index in [0.29, 0.717) is 10.1 Å². The van der Waals surface area contributed by atoms with E-state index in [1.54, 1.807) is 6.07 Å². The maximum Gasteiger partial charge on any atom is 0.509 e. The first kappa shape index (κ1) is 39.6. The van der Waals surface area contributed by atoms with Gasteiger partial charge in [-0.25, -0.2) is 14.2 Å². The number of hydrogen-bond donors (Lipinski definition) is 2. The van der Waals surface area contributed by atoms with Crippen LogP contribution in [0.4, 0.5) is 19.4 Å². The van der Waals surface area contributed by atoms with E-state index in [-0.39, 0.29) is 17.3 Å². The number of para-hydroxylation sites is 1. The number of nitrogens with one attached hydrogen (secondary N) is 1. The van der Waals surface area contributed by atoms with E-state index in [4.69, 9.17) is 33.7 Å². The van der Waals surface area contributed by atoms with Gasteiger partial charge in [-0.15, -0.1) is 10.1 Å². The van der Waals surface area contributed by atoms with E-state index < -0.39 is 79.4 Å². The van der Waals surface area contributed by atoms with Gasteiger partial charge in [-0.05, 0) is 70.5 Å². The van der Waals surface area contributed by atoms with Gasteiger partial charge in [-0.1, -0.05) is 30.3 Å². The molecule has 1 saturated heterocycles. The number of halogens is 2. The Morgan fingerprint density at radius 1 is 1.12 bits per heavy atom. The standard InChI is InChI=1S/C31H36F2N5O13P/c1-18(26(39)46-19(2)20-11-13-21(14-12-20)50-38(42)43)36-52(44,51-22-9-7-6-8-10-22)45-17-23-25(48-29(41)49-30(3,4)5)31(32,33)27(47-23)37-16-15-24(34)35-28(37)40/h6-16,18-19,23,25,27H,17H2,1-5H3,(H,36,44)(H2,34,35,40)/t18-,19?,23+,25?,27+,52?/m0/s1. The second kappa shape index (κ2) is 16.0. The predicted molar refractivity (Wildman–Crippen MR) is 175 cm³/mol. The van der Waals surface area contributed by atoms with E-state index >= 15 is 8.78 Å². The highest BCUT2D eigenvalue weighted by atomic mass is 31.2. The summed E-state index contributed by atoms with van der Waals surface area (Å²) in [5.74, 6) is -5.41. The highest BCUT2D eigenvalue weighted by Crippen LogP contribution is 2.49. The van der Waals surface area contributed by atoms with Crippen molar-refractivity contribution in [3.05, 3.63) is 93.0 Å². The summed E-state index contributed by atoms with van der Waals surface area (Å²) >= 11 is 0. The maximum absolute atomic E-state index is 16.0. The monoisotopic (exact) mass is 755 g/mol. The number of carbonyl (C=O) groups is 2. The highest BCUT2D eigenvalue weighted by molar-refractivity contribution is 7.52. The van der Waals surface area contributed by atoms with Crippen molar-refractivity contribution in [3.8, 4) is 11.5 Å². The number of rotatable bonds is 14. The molecule has 3 N–H and O–H groups in total. The molecule has 2 heterocycles. The fourth-order valence-electron chi connectivity index (χ4n) is 4.63. The molecule has 0 spiro atoms. The number of nitrogens with zero attached hydrogens (tertiary/aromatic N) is 3. The van der Waals surface area contributed by atoms with E-state index in [2.05, 4.69) is 14.9 Å². The lowest BCUT2D eigenvalue weighted by Crippen LogP contribution is -2.45. The zero-order chi connectivity index (χ0) is 38.4. The Labute approximate surface area is 294 Å². The van der Waals surface area contributed by atoms with Crippen molar-refractivity contribution in [2.45, 2.75) is 76.7 Å². The molecule has 0 saturated carbocycles. The lowest BCUT2D eigenvalue weighted by atomic mass is 10.1. The van der Waals surface area contributed by atoms with Crippen molar-refractivity contribution < 1.29 is 60.9 Å². The number of esters is 1. The van der Waals surface area contributed by atoms with Gasteiger partial charge in [0.2, 0.25) is 12.3 Å². The van der Waals surface area contributed by atoms with Gasteiger partial charge in [0.15, 0.2) is 0 Å². The summed E-state index contributed by atoms with van der Waals surface area (Å²) in [6.07, 6.45) is -8.26. The average Bonchev–Trinajstić information content (AvgIpc) is 3.28. The quantitative estimate of drug-likeness (QED) is 0.0979. The number of anilines is 1. The van der Waals surface area contributed by atoms with Crippen molar-refractivity contribution in [1.82, 2.24) is 14.6 Å². The average molecular weight is 756 g/mol. The third kappa shape index (κ3) is 10.4. The van der Waals surface area contributed by atoms with Crippen LogP contribution in [0.15, 0.2) is 71.7 Å². The van der Waals surface area contributed by atoms with Crippen LogP contribution in [-0.4, -0.2) is 63.1 Å². The molecule has 1 aliphatic rings. The third-order valence-corrected chi connectivity index (χ3v) is 8.62. The summed E-state index contributed by atoms with van der Waals surface area (Å²) in [6.45, 7) is 6.18. The van der Waals surface area contributed by atoms with Crippen molar-refractivity contribution >= 4 is 25.7 Å². The summed E-state index contributed by atoms with van der Waals surface area (Å²) < 4.78 is 78.6. The molecule has 0 amide bonds. The molecule has 2 aromatic carbocycles. The lowest BCUT2D eigenvalue weighted by molar-refractivity contribution is -0.711. The summed E-state index contributed by atoms with van der Waals surface area (Å²) in [5, 5.41) is 12.0. The van der Waals surface area contributed by atoms with Crippen LogP contribution in [0, 0.1) is 10.1 Å². The van der Waals surface area contributed by atoms with Crippen LogP contribution in [0.1, 0.15) is 52.5 Å². The predicted octanol–water partition coefficient (Wildman–Crippen LogP) is 4.74. The number of nitrogens with two attached hydrogens (primary N) is 1. The Hall–Kier alpha value is -5.17. The molecule has 21 heteroatoms. The smallest absolute Gasteiger partial charge is 0.457 e. The van der Waals surface area contributed by atoms with E-state index in [1.165, 1.54) is 83.1 Å². The number of alkyl halides is 2. The Morgan fingerprint density at radius 3 is 2.37 bits per heavy atom. The number of carbonyl (C=O) groups excluding carboxylic acids is 2. The molecule has 1 aliphatic heterocycles. The molecule has 1 aromatic heterocycles. The zero-order valence-electron chi connectivity index (χ0n) is 28.4. The van der Waals surface area contributed by atoms with E-state index in [0.717, 1.165) is 12.3 Å². The van der Waals surface area contributed by atoms with Crippen molar-refractivity contribution in [1.29, 1.82) is 0 Å². The van der Waals surface area contributed by atoms with Gasteiger partial charge in [0.25, 0.3) is 5.09 Å². The maximum atomic E-state index is 16.0. The first-order chi connectivity index (χ1) is 24.3. The zero-order valence-corrected chi connectivity index (χ0v) is 29.3. The minimum absolute atomic E-state index is 0.0131. The lowest BCUT2D eigenvalue weighted by Gasteiger charge is -2.27. The molecular weight excluding hydrogens is 719 g/mol. The van der Waals surface area contributed by atoms with Gasteiger partial charge in [-0.2, -0.15) is 18.9 Å². The molecule has 0 radical (unpaired) electrons. The molecule has 3 unspecified atom stereocenters. The molecule has 0 aliphatic carbocycles. The van der Waals surface area contributed by atoms with E-state index in [9.17, 15) is 29.1 Å². The van der Waals surface area contributed by atoms with Crippen LogP contribution in [0.2, 0.25) is 0 Å². The third-order valence-electron chi connectivity index (χ3n) is 6.97. The Morgan fingerprint density at radius 2 is 1.77 bits per heavy atom. The molecule has 52 heavy (non-hydrogen) atoms. The fraction of sp³-hybridized carbons (Fsp3) is 0.419. The first-order valence-electron chi connectivity index (χ1n) is 15.4. The highest BCUT2D eigenvalue weighted by Gasteiger charge is 2.63. The number of ether oxygens (including phenoxy) is 4. The van der Waals surface area contributed by atoms with Crippen molar-refractivity contribution in [3.63, 3.8) is 0 Å². The summed E-state index contributed by atoms with van der Waals surface area (Å²) in [5.41, 5.74) is 3.58. The first-order valence-corrected chi connectivity index (χ1v) is 17.0. The molecule has 3 aromatic rings. The summed E-state index contributed by atoms with van der Waals surface area (Å²) in [4.78, 5) is 56.5. The van der Waals surface area contributed by atoms with Crippen LogP contribution in [-0.2, 0) is 32.8 Å². The number of nitrogen functional groups attached to an aromatic ring is 1. The minimum atomic E-state index is -4.71. The molecule has 1 fully saturated rings. The van der Waals surface area contributed by atoms with Gasteiger partial charge >= 0.3 is 31.5 Å². The molecule has 6 atom stereocenters. The molecule has 4 rings (SSSR count). The second-order valence-corrected chi connectivity index (χ2v) is 14.0. The summed E-state index contributed by atoms with van der Waals surface area (Å²) in [6, 6.07) is 12.6. The van der Waals surface area contributed by atoms with Crippen LogP contribution in [0.5, 0.6) is 11.5 Å². The van der Waals surface area contributed by atoms with Gasteiger partial charge in [0.05, 0.1) is 6.61 Å². The fourth-order valence-corrected chi connectivity index (χ4v) is 6.13. The topological polar surface area (TPSA) is 232 Å². The van der Waals surface area contributed by atoms with Gasteiger partial charge in [0, 0.05) is 6.20 Å². The largest absolute Gasteiger partial charge is 0.509 e. The van der Waals surface area contributed by atoms with Crippen molar-refractivity contribution in [2.24, 2.45) is 0 Å². The van der Waals surface area contributed by atoms with Crippen molar-refractivity contribution in [2.75, 3.05) is 12.3 Å². The van der Waals surface area contributed by atoms with E-state index in [1.807, 2.05) is 0 Å². The summed E-state index contributed by atoms with van der Waals surface area (Å²) in [7, 11) is -4.71. The number of benzene rings is 2.